The summed E-state index contributed by atoms with van der Waals surface area (Å²) in [7, 11) is 1.51. The molecule has 0 spiro atoms. The molecule has 0 saturated heterocycles. The highest BCUT2D eigenvalue weighted by Gasteiger charge is 2.21. The van der Waals surface area contributed by atoms with Gasteiger partial charge < -0.3 is 25.8 Å². The van der Waals surface area contributed by atoms with Gasteiger partial charge in [-0.2, -0.15) is 0 Å². The van der Waals surface area contributed by atoms with Crippen molar-refractivity contribution in [1.29, 1.82) is 0 Å². The summed E-state index contributed by atoms with van der Waals surface area (Å²) in [5, 5.41) is 18.2. The maximum absolute atomic E-state index is 12.2. The number of rotatable bonds is 10. The molecule has 0 aliphatic carbocycles. The van der Waals surface area contributed by atoms with Crippen LogP contribution in [0.3, 0.4) is 0 Å². The molecule has 1 unspecified atom stereocenters. The van der Waals surface area contributed by atoms with E-state index in [0.717, 1.165) is 11.3 Å². The van der Waals surface area contributed by atoms with Crippen molar-refractivity contribution < 1.29 is 19.4 Å². The number of carboxylic acids is 1. The molecule has 0 fully saturated rings. The summed E-state index contributed by atoms with van der Waals surface area (Å²) in [6.07, 6.45) is -0.183. The number of hydrogen-bond acceptors (Lipinski definition) is 5. The molecule has 2 aromatic carbocycles. The Morgan fingerprint density at radius 2 is 1.89 bits per heavy atom. The van der Waals surface area contributed by atoms with Crippen molar-refractivity contribution in [1.82, 2.24) is 5.32 Å². The largest absolute Gasteiger partial charge is 0.495 e. The summed E-state index contributed by atoms with van der Waals surface area (Å²) in [6, 6.07) is 13.9. The number of ether oxygens (including phenoxy) is 1. The first-order valence-electron chi connectivity index (χ1n) is 8.69. The molecule has 4 N–H and O–H groups in total. The highest BCUT2D eigenvalue weighted by Crippen LogP contribution is 2.23. The summed E-state index contributed by atoms with van der Waals surface area (Å²) < 4.78 is 5.17. The van der Waals surface area contributed by atoms with Crippen LogP contribution < -0.4 is 20.7 Å². The van der Waals surface area contributed by atoms with Gasteiger partial charge in [-0.25, -0.2) is 0 Å². The average Bonchev–Trinajstić information content (AvgIpc) is 2.64. The van der Waals surface area contributed by atoms with Crippen molar-refractivity contribution in [2.45, 2.75) is 19.4 Å². The fraction of sp³-hybridized carbons (Fsp3) is 0.300. The lowest BCUT2D eigenvalue weighted by Crippen LogP contribution is -2.41. The van der Waals surface area contributed by atoms with E-state index in [-0.39, 0.29) is 6.42 Å². The Morgan fingerprint density at radius 1 is 1.11 bits per heavy atom. The van der Waals surface area contributed by atoms with Gasteiger partial charge in [0.05, 0.1) is 19.2 Å². The number of carbonyl (C=O) groups is 2. The summed E-state index contributed by atoms with van der Waals surface area (Å²) in [4.78, 5) is 23.6. The van der Waals surface area contributed by atoms with E-state index in [9.17, 15) is 14.7 Å². The van der Waals surface area contributed by atoms with Gasteiger partial charge in [-0.15, -0.1) is 0 Å². The highest BCUT2D eigenvalue weighted by molar-refractivity contribution is 5.95. The molecular formula is C20H25N3O4. The number of aliphatic carboxylic acids is 1. The van der Waals surface area contributed by atoms with Crippen LogP contribution in [-0.4, -0.2) is 43.2 Å². The molecule has 0 radical (unpaired) electrons. The number of hydrogen-bond donors (Lipinski definition) is 4. The average molecular weight is 371 g/mol. The van der Waals surface area contributed by atoms with Gasteiger partial charge in [0.2, 0.25) is 5.91 Å². The third-order valence-electron chi connectivity index (χ3n) is 3.93. The predicted octanol–water partition coefficient (Wildman–Crippen LogP) is 2.49. The smallest absolute Gasteiger partial charge is 0.321 e. The fourth-order valence-corrected chi connectivity index (χ4v) is 2.59. The second-order valence-corrected chi connectivity index (χ2v) is 6.09. The Morgan fingerprint density at radius 3 is 2.59 bits per heavy atom. The van der Waals surface area contributed by atoms with Crippen molar-refractivity contribution in [2.24, 2.45) is 0 Å². The van der Waals surface area contributed by atoms with Gasteiger partial charge >= 0.3 is 5.97 Å². The highest BCUT2D eigenvalue weighted by atomic mass is 16.5. The van der Waals surface area contributed by atoms with E-state index in [0.29, 0.717) is 24.5 Å². The standard InChI is InChI=1S/C20H25N3O4/c1-14-6-5-7-15(12-14)21-10-11-22-17(20(25)26)13-19(24)23-16-8-3-4-9-18(16)27-2/h3-9,12,17,21-22H,10-11,13H2,1-2H3,(H,23,24)(H,25,26). The molecule has 1 atom stereocenters. The molecule has 0 heterocycles. The van der Waals surface area contributed by atoms with Gasteiger partial charge in [0.15, 0.2) is 0 Å². The first kappa shape index (κ1) is 20.3. The van der Waals surface area contributed by atoms with E-state index in [1.807, 2.05) is 31.2 Å². The third kappa shape index (κ3) is 6.63. The molecule has 2 aromatic rings. The quantitative estimate of drug-likeness (QED) is 0.479. The first-order valence-corrected chi connectivity index (χ1v) is 8.69. The van der Waals surface area contributed by atoms with E-state index in [1.54, 1.807) is 24.3 Å². The van der Waals surface area contributed by atoms with Crippen LogP contribution in [0.25, 0.3) is 0 Å². The Labute approximate surface area is 158 Å². The molecule has 1 amide bonds. The number of methoxy groups -OCH3 is 1. The summed E-state index contributed by atoms with van der Waals surface area (Å²) >= 11 is 0. The van der Waals surface area contributed by atoms with E-state index in [2.05, 4.69) is 16.0 Å². The first-order chi connectivity index (χ1) is 13.0. The lowest BCUT2D eigenvalue weighted by molar-refractivity contribution is -0.141. The molecule has 7 heteroatoms. The number of anilines is 2. The van der Waals surface area contributed by atoms with Gasteiger partial charge in [-0.1, -0.05) is 24.3 Å². The van der Waals surface area contributed by atoms with Crippen molar-refractivity contribution >= 4 is 23.3 Å². The molecule has 0 bridgehead atoms. The molecule has 0 aliphatic heterocycles. The van der Waals surface area contributed by atoms with Gasteiger partial charge in [0.25, 0.3) is 0 Å². The van der Waals surface area contributed by atoms with Crippen molar-refractivity contribution in [3.8, 4) is 5.75 Å². The summed E-state index contributed by atoms with van der Waals surface area (Å²) in [5.41, 5.74) is 2.62. The van der Waals surface area contributed by atoms with Crippen LogP contribution in [0.4, 0.5) is 11.4 Å². The molecule has 7 nitrogen and oxygen atoms in total. The third-order valence-corrected chi connectivity index (χ3v) is 3.93. The van der Waals surface area contributed by atoms with Crippen LogP contribution >= 0.6 is 0 Å². The van der Waals surface area contributed by atoms with Crippen molar-refractivity contribution in [2.75, 3.05) is 30.8 Å². The Hall–Kier alpha value is -3.06. The van der Waals surface area contributed by atoms with Crippen LogP contribution in [0.2, 0.25) is 0 Å². The molecular weight excluding hydrogens is 346 g/mol. The number of amides is 1. The number of para-hydroxylation sites is 2. The summed E-state index contributed by atoms with van der Waals surface area (Å²) in [5.74, 6) is -0.945. The number of nitrogens with one attached hydrogen (secondary N) is 3. The predicted molar refractivity (Wildman–Crippen MR) is 105 cm³/mol. The normalized spacial score (nSPS) is 11.5. The molecule has 0 aromatic heterocycles. The van der Waals surface area contributed by atoms with Crippen LogP contribution in [0, 0.1) is 6.92 Å². The van der Waals surface area contributed by atoms with E-state index >= 15 is 0 Å². The Bertz CT molecular complexity index is 779. The lowest BCUT2D eigenvalue weighted by atomic mass is 10.2. The SMILES string of the molecule is COc1ccccc1NC(=O)CC(NCCNc1cccc(C)c1)C(=O)O. The fourth-order valence-electron chi connectivity index (χ4n) is 2.59. The van der Waals surface area contributed by atoms with Crippen LogP contribution in [0.5, 0.6) is 5.75 Å². The zero-order chi connectivity index (χ0) is 19.6. The number of carbonyl (C=O) groups excluding carboxylic acids is 1. The molecule has 0 aliphatic rings. The van der Waals surface area contributed by atoms with Crippen LogP contribution in [-0.2, 0) is 9.59 Å². The van der Waals surface area contributed by atoms with Gasteiger partial charge in [0.1, 0.15) is 11.8 Å². The minimum absolute atomic E-state index is 0.183. The zero-order valence-corrected chi connectivity index (χ0v) is 15.5. The molecule has 2 rings (SSSR count). The topological polar surface area (TPSA) is 99.7 Å². The van der Waals surface area contributed by atoms with Gasteiger partial charge in [-0.05, 0) is 36.8 Å². The zero-order valence-electron chi connectivity index (χ0n) is 15.5. The second-order valence-electron chi connectivity index (χ2n) is 6.09. The number of carboxylic acid groups (broad SMARTS) is 1. The number of benzene rings is 2. The number of aryl methyl sites for hydroxylation is 1. The lowest BCUT2D eigenvalue weighted by Gasteiger charge is -2.16. The molecule has 144 valence electrons. The van der Waals surface area contributed by atoms with Crippen molar-refractivity contribution in [3.05, 3.63) is 54.1 Å². The summed E-state index contributed by atoms with van der Waals surface area (Å²) in [6.45, 7) is 2.96. The van der Waals surface area contributed by atoms with Gasteiger partial charge in [-0.3, -0.25) is 9.59 Å². The van der Waals surface area contributed by atoms with Crippen molar-refractivity contribution in [3.63, 3.8) is 0 Å². The minimum Gasteiger partial charge on any atom is -0.495 e. The molecule has 27 heavy (non-hydrogen) atoms. The monoisotopic (exact) mass is 371 g/mol. The minimum atomic E-state index is -1.07. The van der Waals surface area contributed by atoms with E-state index in [4.69, 9.17) is 4.74 Å². The molecule has 0 saturated carbocycles. The Kier molecular flexibility index (Phi) is 7.63. The maximum Gasteiger partial charge on any atom is 0.321 e. The maximum atomic E-state index is 12.2. The second kappa shape index (κ2) is 10.2. The van der Waals surface area contributed by atoms with Gasteiger partial charge in [0, 0.05) is 18.8 Å². The Balaban J connectivity index is 1.82. The van der Waals surface area contributed by atoms with E-state index < -0.39 is 17.9 Å². The van der Waals surface area contributed by atoms with E-state index in [1.165, 1.54) is 7.11 Å². The van der Waals surface area contributed by atoms with Crippen LogP contribution in [0.1, 0.15) is 12.0 Å². The van der Waals surface area contributed by atoms with Crippen LogP contribution in [0.15, 0.2) is 48.5 Å².